The topological polar surface area (TPSA) is 84.4 Å². The minimum atomic E-state index is -0.604. The van der Waals surface area contributed by atoms with E-state index in [1.807, 2.05) is 12.1 Å². The van der Waals surface area contributed by atoms with Crippen molar-refractivity contribution in [2.45, 2.75) is 37.5 Å². The molecule has 8 nitrogen and oxygen atoms in total. The monoisotopic (exact) mass is 470 g/mol. The molecule has 0 spiro atoms. The molecule has 0 unspecified atom stereocenters. The molecule has 3 atom stereocenters. The lowest BCUT2D eigenvalue weighted by Crippen LogP contribution is -2.44. The molecule has 0 saturated carbocycles. The zero-order chi connectivity index (χ0) is 22.4. The van der Waals surface area contributed by atoms with Crippen LogP contribution in [0.3, 0.4) is 0 Å². The number of pyridine rings is 1. The van der Waals surface area contributed by atoms with Crippen LogP contribution in [0.5, 0.6) is 5.75 Å². The highest BCUT2D eigenvalue weighted by atomic mass is 35.5. The van der Waals surface area contributed by atoms with E-state index in [-0.39, 0.29) is 16.8 Å². The van der Waals surface area contributed by atoms with E-state index in [1.165, 1.54) is 6.33 Å². The van der Waals surface area contributed by atoms with Gasteiger partial charge in [0.25, 0.3) is 0 Å². The number of nitrogens with one attached hydrogen (secondary N) is 2. The number of rotatable bonds is 6. The van der Waals surface area contributed by atoms with Gasteiger partial charge in [-0.1, -0.05) is 11.6 Å². The van der Waals surface area contributed by atoms with E-state index in [0.29, 0.717) is 41.3 Å². The van der Waals surface area contributed by atoms with E-state index in [1.54, 1.807) is 12.1 Å². The summed E-state index contributed by atoms with van der Waals surface area (Å²) in [7, 11) is 0. The lowest BCUT2D eigenvalue weighted by atomic mass is 10.2. The summed E-state index contributed by atoms with van der Waals surface area (Å²) in [6.07, 6.45) is 4.53. The number of piperazine rings is 1. The van der Waals surface area contributed by atoms with Crippen molar-refractivity contribution in [3.63, 3.8) is 0 Å². The minimum Gasteiger partial charge on any atom is -0.489 e. The molecule has 5 heterocycles. The molecule has 0 radical (unpaired) electrons. The fourth-order valence-corrected chi connectivity index (χ4v) is 5.07. The normalized spacial score (nSPS) is 24.1. The first-order chi connectivity index (χ1) is 16.2. The molecule has 1 aromatic carbocycles. The highest BCUT2D eigenvalue weighted by Crippen LogP contribution is 2.35. The standard InChI is InChI=1S/C23H24ClFN6O2/c24-20-18(33-11-15-2-1-7-32-15)5-3-16(21(20)25)29-23-22-17(27-12-28-23)4-6-19(30-22)31-10-13-8-14(31)9-26-13/h3-6,12-15,26H,1-2,7-11H2,(H,27,28,29)/t13-,14-,15-/m0/s1. The molecule has 3 aliphatic rings. The molecule has 0 amide bonds. The fraction of sp³-hybridized carbons (Fsp3) is 0.435. The molecule has 3 aromatic rings. The van der Waals surface area contributed by atoms with Gasteiger partial charge in [-0.2, -0.15) is 0 Å². The minimum absolute atomic E-state index is 0.0242. The molecule has 2 aromatic heterocycles. The number of benzene rings is 1. The van der Waals surface area contributed by atoms with Gasteiger partial charge in [-0.15, -0.1) is 0 Å². The van der Waals surface area contributed by atoms with Gasteiger partial charge in [0, 0.05) is 31.8 Å². The molecular formula is C23H24ClFN6O2. The van der Waals surface area contributed by atoms with E-state index in [2.05, 4.69) is 25.5 Å². The van der Waals surface area contributed by atoms with Crippen molar-refractivity contribution in [1.29, 1.82) is 0 Å². The quantitative estimate of drug-likeness (QED) is 0.564. The maximum absolute atomic E-state index is 15.1. The molecule has 0 aliphatic carbocycles. The summed E-state index contributed by atoms with van der Waals surface area (Å²) in [5.74, 6) is 0.992. The third-order valence-electron chi connectivity index (χ3n) is 6.57. The van der Waals surface area contributed by atoms with Crippen LogP contribution in [0, 0.1) is 5.82 Å². The van der Waals surface area contributed by atoms with Gasteiger partial charge in [-0.05, 0) is 43.5 Å². The summed E-state index contributed by atoms with van der Waals surface area (Å²) in [4.78, 5) is 15.8. The Bertz CT molecular complexity index is 1190. The maximum Gasteiger partial charge on any atom is 0.169 e. The molecule has 10 heteroatoms. The van der Waals surface area contributed by atoms with Crippen LogP contribution in [0.15, 0.2) is 30.6 Å². The van der Waals surface area contributed by atoms with Crippen LogP contribution < -0.4 is 20.3 Å². The Morgan fingerprint density at radius 2 is 2.21 bits per heavy atom. The predicted molar refractivity (Wildman–Crippen MR) is 124 cm³/mol. The Morgan fingerprint density at radius 3 is 3.00 bits per heavy atom. The Balaban J connectivity index is 1.26. The van der Waals surface area contributed by atoms with Gasteiger partial charge in [0.1, 0.15) is 35.0 Å². The lowest BCUT2D eigenvalue weighted by Gasteiger charge is -2.28. The SMILES string of the molecule is Fc1c(Nc2ncnc3ccc(N4C[C@@H]5C[C@H]4CN5)nc23)ccc(OC[C@@H]2CCCO2)c1Cl. The average Bonchev–Trinajstić information content (AvgIpc) is 3.60. The van der Waals surface area contributed by atoms with E-state index >= 15 is 4.39 Å². The molecule has 2 bridgehead atoms. The second-order valence-electron chi connectivity index (χ2n) is 8.72. The van der Waals surface area contributed by atoms with Crippen LogP contribution in [0.25, 0.3) is 11.0 Å². The fourth-order valence-electron chi connectivity index (χ4n) is 4.85. The maximum atomic E-state index is 15.1. The molecule has 6 rings (SSSR count). The van der Waals surface area contributed by atoms with Gasteiger partial charge in [0.05, 0.1) is 17.3 Å². The van der Waals surface area contributed by atoms with E-state index in [0.717, 1.165) is 44.8 Å². The summed E-state index contributed by atoms with van der Waals surface area (Å²) in [6, 6.07) is 8.11. The predicted octanol–water partition coefficient (Wildman–Crippen LogP) is 3.67. The van der Waals surface area contributed by atoms with Crippen LogP contribution in [0.4, 0.5) is 21.7 Å². The summed E-state index contributed by atoms with van der Waals surface area (Å²) < 4.78 is 26.3. The molecule has 3 aliphatic heterocycles. The van der Waals surface area contributed by atoms with Crippen molar-refractivity contribution in [3.05, 3.63) is 41.4 Å². The highest BCUT2D eigenvalue weighted by Gasteiger charge is 2.38. The van der Waals surface area contributed by atoms with Crippen molar-refractivity contribution in [2.24, 2.45) is 0 Å². The zero-order valence-electron chi connectivity index (χ0n) is 17.9. The van der Waals surface area contributed by atoms with Crippen LogP contribution in [-0.4, -0.2) is 59.4 Å². The van der Waals surface area contributed by atoms with Crippen LogP contribution >= 0.6 is 11.6 Å². The van der Waals surface area contributed by atoms with Gasteiger partial charge in [-0.3, -0.25) is 0 Å². The first kappa shape index (κ1) is 20.8. The molecule has 3 saturated heterocycles. The largest absolute Gasteiger partial charge is 0.489 e. The summed E-state index contributed by atoms with van der Waals surface area (Å²) in [5.41, 5.74) is 1.46. The zero-order valence-corrected chi connectivity index (χ0v) is 18.7. The molecule has 172 valence electrons. The van der Waals surface area contributed by atoms with E-state index < -0.39 is 5.82 Å². The smallest absolute Gasteiger partial charge is 0.169 e. The van der Waals surface area contributed by atoms with Crippen LogP contribution in [-0.2, 0) is 4.74 Å². The summed E-state index contributed by atoms with van der Waals surface area (Å²) >= 11 is 6.27. The van der Waals surface area contributed by atoms with E-state index in [4.69, 9.17) is 26.1 Å². The van der Waals surface area contributed by atoms with E-state index in [9.17, 15) is 0 Å². The van der Waals surface area contributed by atoms with Gasteiger partial charge >= 0.3 is 0 Å². The first-order valence-corrected chi connectivity index (χ1v) is 11.6. The van der Waals surface area contributed by atoms with Crippen molar-refractivity contribution in [1.82, 2.24) is 20.3 Å². The van der Waals surface area contributed by atoms with Gasteiger partial charge in [0.15, 0.2) is 11.6 Å². The molecule has 33 heavy (non-hydrogen) atoms. The number of ether oxygens (including phenoxy) is 2. The molecule has 3 fully saturated rings. The van der Waals surface area contributed by atoms with Crippen molar-refractivity contribution < 1.29 is 13.9 Å². The third kappa shape index (κ3) is 3.94. The third-order valence-corrected chi connectivity index (χ3v) is 6.92. The average molecular weight is 471 g/mol. The second-order valence-corrected chi connectivity index (χ2v) is 9.09. The summed E-state index contributed by atoms with van der Waals surface area (Å²) in [5, 5.41) is 6.47. The van der Waals surface area contributed by atoms with Crippen LogP contribution in [0.1, 0.15) is 19.3 Å². The second kappa shape index (κ2) is 8.55. The first-order valence-electron chi connectivity index (χ1n) is 11.3. The molecule has 2 N–H and O–H groups in total. The van der Waals surface area contributed by atoms with Crippen LogP contribution in [0.2, 0.25) is 5.02 Å². The van der Waals surface area contributed by atoms with Crippen molar-refractivity contribution in [3.8, 4) is 5.75 Å². The van der Waals surface area contributed by atoms with Crippen molar-refractivity contribution >= 4 is 40.0 Å². The Kier molecular flexibility index (Phi) is 5.40. The van der Waals surface area contributed by atoms with Crippen molar-refractivity contribution in [2.75, 3.05) is 36.5 Å². The van der Waals surface area contributed by atoms with Gasteiger partial charge < -0.3 is 25.0 Å². The summed E-state index contributed by atoms with van der Waals surface area (Å²) in [6.45, 7) is 2.98. The Morgan fingerprint density at radius 1 is 1.27 bits per heavy atom. The Labute approximate surface area is 195 Å². The number of hydrogen-bond donors (Lipinski definition) is 2. The van der Waals surface area contributed by atoms with Gasteiger partial charge in [0.2, 0.25) is 0 Å². The Hall–Kier alpha value is -2.75. The number of hydrogen-bond acceptors (Lipinski definition) is 8. The number of nitrogens with zero attached hydrogens (tertiary/aromatic N) is 4. The highest BCUT2D eigenvalue weighted by molar-refractivity contribution is 6.32. The number of fused-ring (bicyclic) bond motifs is 3. The number of aromatic nitrogens is 3. The van der Waals surface area contributed by atoms with Gasteiger partial charge in [-0.25, -0.2) is 19.3 Å². The number of anilines is 3. The lowest BCUT2D eigenvalue weighted by molar-refractivity contribution is 0.0679. The number of halogens is 2. The molecular weight excluding hydrogens is 447 g/mol.